The first-order valence-corrected chi connectivity index (χ1v) is 18.1. The Bertz CT molecular complexity index is 1350. The van der Waals surface area contributed by atoms with E-state index in [0.717, 1.165) is 32.1 Å². The number of cyclic esters (lactones) is 1. The van der Waals surface area contributed by atoms with Crippen molar-refractivity contribution in [3.63, 3.8) is 0 Å². The molecule has 0 aromatic rings. The van der Waals surface area contributed by atoms with Crippen LogP contribution in [0, 0.1) is 22.7 Å². The zero-order chi connectivity index (χ0) is 36.1. The van der Waals surface area contributed by atoms with E-state index in [1.165, 1.54) is 16.0 Å². The fourth-order valence-electron chi connectivity index (χ4n) is 7.70. The highest BCUT2D eigenvalue weighted by atomic mass is 16.6. The lowest BCUT2D eigenvalue weighted by molar-refractivity contribution is -0.142. The molecule has 3 aliphatic heterocycles. The summed E-state index contributed by atoms with van der Waals surface area (Å²) in [5.41, 5.74) is 1.65. The van der Waals surface area contributed by atoms with E-state index in [-0.39, 0.29) is 36.7 Å². The molecule has 272 valence electrons. The third kappa shape index (κ3) is 8.94. The summed E-state index contributed by atoms with van der Waals surface area (Å²) in [6.45, 7) is 18.3. The van der Waals surface area contributed by atoms with Crippen LogP contribution in [-0.4, -0.2) is 90.1 Å². The molecule has 11 heteroatoms. The Balaban J connectivity index is 1.65. The molecule has 0 spiro atoms. The summed E-state index contributed by atoms with van der Waals surface area (Å²) in [4.78, 5) is 71.1. The second-order valence-corrected chi connectivity index (χ2v) is 15.8. The molecule has 2 N–H and O–H groups in total. The molecule has 0 aromatic carbocycles. The van der Waals surface area contributed by atoms with Crippen LogP contribution < -0.4 is 10.6 Å². The van der Waals surface area contributed by atoms with Gasteiger partial charge in [-0.15, -0.1) is 6.58 Å². The van der Waals surface area contributed by atoms with Gasteiger partial charge >= 0.3 is 12.2 Å². The molecule has 2 fully saturated rings. The van der Waals surface area contributed by atoms with Gasteiger partial charge in [0.15, 0.2) is 0 Å². The number of amides is 4. The third-order valence-corrected chi connectivity index (χ3v) is 10.9. The summed E-state index contributed by atoms with van der Waals surface area (Å²) in [6.07, 6.45) is 9.93. The number of allylic oxidation sites excluding steroid dienone is 3. The minimum absolute atomic E-state index is 0.00406. The standard InChI is InChI=1S/C38H58N4O7/c1-9-24(3)31(25(4)30(43)10-2)39-33(44)29-20-27-21-42(29)34(45)32(37(5,6)7)40-35(46)48-19-14-12-11-13-16-26-17-15-18-38(8)23-41(22-28(26)38)36(47)49-27/h9,15,17,24-25,27,29,31-32H,1,10-14,16,18-23H2,2-8H3,(H,39,44)(H,40,46)/t24-,25?,27+,29-,31?,32+,38?/m0/s1. The Morgan fingerprint density at radius 3 is 2.55 bits per heavy atom. The number of Topliss-reactive ketones (excluding diaryl/α,β-unsaturated/α-hetero) is 1. The second kappa shape index (κ2) is 15.9. The normalized spacial score (nSPS) is 29.0. The van der Waals surface area contributed by atoms with Crippen LogP contribution in [0.2, 0.25) is 0 Å². The number of ether oxygens (including phenoxy) is 2. The quantitative estimate of drug-likeness (QED) is 0.329. The second-order valence-electron chi connectivity index (χ2n) is 15.8. The lowest BCUT2D eigenvalue weighted by Gasteiger charge is -2.36. The molecule has 0 radical (unpaired) electrons. The average molecular weight is 683 g/mol. The first kappa shape index (κ1) is 38.2. The van der Waals surface area contributed by atoms with Crippen molar-refractivity contribution in [2.45, 2.75) is 124 Å². The molecule has 0 aromatic heterocycles. The van der Waals surface area contributed by atoms with Crippen LogP contribution in [0.5, 0.6) is 0 Å². The maximum absolute atomic E-state index is 14.4. The first-order chi connectivity index (χ1) is 23.1. The number of nitrogens with zero attached hydrogens (tertiary/aromatic N) is 2. The number of ketones is 1. The summed E-state index contributed by atoms with van der Waals surface area (Å²) in [5.74, 6) is -1.62. The molecule has 4 rings (SSSR count). The molecular weight excluding hydrogens is 624 g/mol. The maximum atomic E-state index is 14.4. The smallest absolute Gasteiger partial charge is 0.410 e. The fourth-order valence-corrected chi connectivity index (χ4v) is 7.70. The van der Waals surface area contributed by atoms with Crippen LogP contribution in [0.1, 0.15) is 99.8 Å². The highest BCUT2D eigenvalue weighted by Crippen LogP contribution is 2.44. The zero-order valence-electron chi connectivity index (χ0n) is 30.6. The van der Waals surface area contributed by atoms with Gasteiger partial charge in [-0.1, -0.05) is 79.5 Å². The van der Waals surface area contributed by atoms with Crippen LogP contribution in [-0.2, 0) is 23.9 Å². The number of hydrogen-bond acceptors (Lipinski definition) is 7. The minimum Gasteiger partial charge on any atom is -0.450 e. The van der Waals surface area contributed by atoms with E-state index in [4.69, 9.17) is 9.47 Å². The molecule has 3 heterocycles. The van der Waals surface area contributed by atoms with Gasteiger partial charge in [0.05, 0.1) is 13.2 Å². The molecule has 4 bridgehead atoms. The monoisotopic (exact) mass is 682 g/mol. The Morgan fingerprint density at radius 1 is 1.16 bits per heavy atom. The van der Waals surface area contributed by atoms with E-state index in [1.807, 2.05) is 27.7 Å². The van der Waals surface area contributed by atoms with Crippen molar-refractivity contribution in [1.29, 1.82) is 0 Å². The van der Waals surface area contributed by atoms with Gasteiger partial charge in [-0.2, -0.15) is 0 Å². The van der Waals surface area contributed by atoms with Crippen molar-refractivity contribution in [3.8, 4) is 0 Å². The Morgan fingerprint density at radius 2 is 1.88 bits per heavy atom. The van der Waals surface area contributed by atoms with E-state index in [0.29, 0.717) is 25.9 Å². The summed E-state index contributed by atoms with van der Waals surface area (Å²) >= 11 is 0. The van der Waals surface area contributed by atoms with Gasteiger partial charge in [-0.05, 0) is 48.2 Å². The van der Waals surface area contributed by atoms with Crippen LogP contribution in [0.25, 0.3) is 0 Å². The van der Waals surface area contributed by atoms with Gasteiger partial charge < -0.3 is 29.9 Å². The van der Waals surface area contributed by atoms with Gasteiger partial charge in [0.25, 0.3) is 0 Å². The topological polar surface area (TPSA) is 134 Å². The molecule has 3 unspecified atom stereocenters. The van der Waals surface area contributed by atoms with Crippen molar-refractivity contribution >= 4 is 29.8 Å². The predicted molar refractivity (Wildman–Crippen MR) is 187 cm³/mol. The summed E-state index contributed by atoms with van der Waals surface area (Å²) in [5, 5.41) is 5.81. The summed E-state index contributed by atoms with van der Waals surface area (Å²) in [6, 6.07) is -2.56. The van der Waals surface area contributed by atoms with Crippen LogP contribution in [0.3, 0.4) is 0 Å². The molecule has 2 saturated heterocycles. The number of rotatable bonds is 7. The average Bonchev–Trinajstić information content (AvgIpc) is 3.64. The van der Waals surface area contributed by atoms with E-state index < -0.39 is 59.6 Å². The van der Waals surface area contributed by atoms with Gasteiger partial charge in [0.2, 0.25) is 11.8 Å². The minimum atomic E-state index is -1.02. The first-order valence-electron chi connectivity index (χ1n) is 18.1. The van der Waals surface area contributed by atoms with E-state index in [9.17, 15) is 24.0 Å². The van der Waals surface area contributed by atoms with E-state index >= 15 is 0 Å². The molecule has 1 aliphatic carbocycles. The number of carbonyl (C=O) groups excluding carboxylic acids is 5. The van der Waals surface area contributed by atoms with Crippen LogP contribution in [0.4, 0.5) is 9.59 Å². The lowest BCUT2D eigenvalue weighted by atomic mass is 9.75. The van der Waals surface area contributed by atoms with Crippen molar-refractivity contribution in [2.24, 2.45) is 22.7 Å². The largest absolute Gasteiger partial charge is 0.450 e. The van der Waals surface area contributed by atoms with Crippen molar-refractivity contribution < 1.29 is 33.4 Å². The molecule has 11 nitrogen and oxygen atoms in total. The lowest BCUT2D eigenvalue weighted by Crippen LogP contribution is -2.59. The highest BCUT2D eigenvalue weighted by Gasteiger charge is 2.48. The Labute approximate surface area is 292 Å². The summed E-state index contributed by atoms with van der Waals surface area (Å²) < 4.78 is 11.6. The number of nitrogens with one attached hydrogen (secondary N) is 2. The van der Waals surface area contributed by atoms with Crippen molar-refractivity contribution in [3.05, 3.63) is 36.0 Å². The van der Waals surface area contributed by atoms with E-state index in [2.05, 4.69) is 36.3 Å². The maximum Gasteiger partial charge on any atom is 0.410 e. The van der Waals surface area contributed by atoms with Gasteiger partial charge in [-0.3, -0.25) is 14.4 Å². The Kier molecular flexibility index (Phi) is 12.4. The molecule has 4 amide bonds. The number of carbonyl (C=O) groups is 5. The molecule has 0 saturated carbocycles. The van der Waals surface area contributed by atoms with Gasteiger partial charge in [0, 0.05) is 43.3 Å². The van der Waals surface area contributed by atoms with Crippen molar-refractivity contribution in [1.82, 2.24) is 20.4 Å². The van der Waals surface area contributed by atoms with Gasteiger partial charge in [-0.25, -0.2) is 9.59 Å². The zero-order valence-corrected chi connectivity index (χ0v) is 30.6. The van der Waals surface area contributed by atoms with Crippen LogP contribution >= 0.6 is 0 Å². The third-order valence-electron chi connectivity index (χ3n) is 10.9. The number of hydrogen-bond donors (Lipinski definition) is 2. The number of alkyl carbamates (subject to hydrolysis) is 1. The number of fused-ring (bicyclic) bond motifs is 3. The van der Waals surface area contributed by atoms with E-state index in [1.54, 1.807) is 24.8 Å². The molecule has 4 aliphatic rings. The molecule has 49 heavy (non-hydrogen) atoms. The van der Waals surface area contributed by atoms with Crippen LogP contribution in [0.15, 0.2) is 36.0 Å². The summed E-state index contributed by atoms with van der Waals surface area (Å²) in [7, 11) is 0. The van der Waals surface area contributed by atoms with Crippen molar-refractivity contribution in [2.75, 3.05) is 26.2 Å². The van der Waals surface area contributed by atoms with Gasteiger partial charge in [0.1, 0.15) is 24.0 Å². The highest BCUT2D eigenvalue weighted by molar-refractivity contribution is 5.93. The SMILES string of the molecule is C=C[C@H](C)C(NC(=O)[C@@H]1C[C@@H]2CN1C(=O)[C@H](C(C)(C)C)NC(=O)OCCCCCCC1=C3CN(CC3(C)CC=C1)C(=O)O2)C(C)C(=O)CC. The molecular formula is C38H58N4O7. The molecule has 7 atom stereocenters. The fraction of sp³-hybridized carbons (Fsp3) is 0.711. The Hall–Kier alpha value is -3.63. The predicted octanol–water partition coefficient (Wildman–Crippen LogP) is 5.70.